The van der Waals surface area contributed by atoms with Gasteiger partial charge >= 0.3 is 0 Å². The van der Waals surface area contributed by atoms with E-state index in [1.807, 2.05) is 0 Å². The molecule has 1 rings (SSSR count). The molecule has 0 N–H and O–H groups in total. The van der Waals surface area contributed by atoms with E-state index in [2.05, 4.69) is 47.6 Å². The van der Waals surface area contributed by atoms with Crippen LogP contribution >= 0.6 is 0 Å². The van der Waals surface area contributed by atoms with Gasteiger partial charge in [-0.05, 0) is 44.9 Å². The molecular formula is C22H42O2. The number of hydrogen-bond acceptors (Lipinski definition) is 2. The Labute approximate surface area is 151 Å². The van der Waals surface area contributed by atoms with Gasteiger partial charge in [0.05, 0.1) is 13.2 Å². The van der Waals surface area contributed by atoms with Gasteiger partial charge in [-0.1, -0.05) is 65.0 Å². The topological polar surface area (TPSA) is 18.5 Å². The van der Waals surface area contributed by atoms with E-state index in [9.17, 15) is 0 Å². The molecule has 0 aromatic carbocycles. The third kappa shape index (κ3) is 9.84. The predicted molar refractivity (Wildman–Crippen MR) is 104 cm³/mol. The van der Waals surface area contributed by atoms with Crippen LogP contribution in [0.3, 0.4) is 0 Å². The average Bonchev–Trinajstić information content (AvgIpc) is 2.50. The van der Waals surface area contributed by atoms with Crippen LogP contribution in [0, 0.1) is 17.8 Å². The zero-order chi connectivity index (χ0) is 18.0. The average molecular weight is 339 g/mol. The van der Waals surface area contributed by atoms with E-state index in [1.54, 1.807) is 0 Å². The van der Waals surface area contributed by atoms with E-state index in [-0.39, 0.29) is 5.79 Å². The SMILES string of the molecule is C/C(=C/CCC1(C)OCC(C)CO1)CCCC(C)CCCC(C)C. The Bertz CT molecular complexity index is 351. The summed E-state index contributed by atoms with van der Waals surface area (Å²) in [7, 11) is 0. The van der Waals surface area contributed by atoms with Gasteiger partial charge in [-0.3, -0.25) is 0 Å². The van der Waals surface area contributed by atoms with Gasteiger partial charge in [-0.15, -0.1) is 0 Å². The van der Waals surface area contributed by atoms with Crippen LogP contribution in [0.15, 0.2) is 11.6 Å². The fourth-order valence-electron chi connectivity index (χ4n) is 3.30. The van der Waals surface area contributed by atoms with Gasteiger partial charge in [0, 0.05) is 12.3 Å². The molecule has 1 aliphatic rings. The van der Waals surface area contributed by atoms with Crippen molar-refractivity contribution in [2.75, 3.05) is 13.2 Å². The van der Waals surface area contributed by atoms with Crippen molar-refractivity contribution in [3.8, 4) is 0 Å². The lowest BCUT2D eigenvalue weighted by atomic mass is 9.94. The minimum absolute atomic E-state index is 0.367. The van der Waals surface area contributed by atoms with Crippen LogP contribution in [0.5, 0.6) is 0 Å². The van der Waals surface area contributed by atoms with Crippen LogP contribution in [0.4, 0.5) is 0 Å². The molecule has 0 amide bonds. The minimum atomic E-state index is -0.367. The molecule has 1 unspecified atom stereocenters. The van der Waals surface area contributed by atoms with Crippen LogP contribution in [-0.2, 0) is 9.47 Å². The largest absolute Gasteiger partial charge is 0.350 e. The van der Waals surface area contributed by atoms with Gasteiger partial charge in [-0.25, -0.2) is 0 Å². The molecule has 1 atom stereocenters. The second-order valence-electron chi connectivity index (χ2n) is 8.77. The second-order valence-corrected chi connectivity index (χ2v) is 8.77. The number of allylic oxidation sites excluding steroid dienone is 2. The second kappa shape index (κ2) is 11.3. The van der Waals surface area contributed by atoms with Gasteiger partial charge < -0.3 is 9.47 Å². The standard InChI is InChI=1S/C22H42O2/c1-18(2)10-7-11-19(3)12-8-13-20(4)14-9-15-22(6)23-16-21(5)17-24-22/h14,18-19,21H,7-13,15-17H2,1-6H3/b20-14-. The highest BCUT2D eigenvalue weighted by Crippen LogP contribution is 2.26. The molecule has 2 nitrogen and oxygen atoms in total. The maximum atomic E-state index is 5.87. The quantitative estimate of drug-likeness (QED) is 0.388. The highest BCUT2D eigenvalue weighted by Gasteiger charge is 2.30. The maximum Gasteiger partial charge on any atom is 0.165 e. The Morgan fingerprint density at radius 1 is 1.08 bits per heavy atom. The summed E-state index contributed by atoms with van der Waals surface area (Å²) >= 11 is 0. The molecule has 0 saturated carbocycles. The first-order valence-electron chi connectivity index (χ1n) is 10.2. The van der Waals surface area contributed by atoms with Gasteiger partial charge in [-0.2, -0.15) is 0 Å². The first kappa shape index (κ1) is 21.7. The van der Waals surface area contributed by atoms with Gasteiger partial charge in [0.2, 0.25) is 0 Å². The predicted octanol–water partition coefficient (Wildman–Crippen LogP) is 6.74. The zero-order valence-corrected chi connectivity index (χ0v) is 17.2. The molecule has 0 aliphatic carbocycles. The van der Waals surface area contributed by atoms with Crippen LogP contribution < -0.4 is 0 Å². The Kier molecular flexibility index (Phi) is 10.2. The Morgan fingerprint density at radius 2 is 1.71 bits per heavy atom. The molecule has 1 heterocycles. The summed E-state index contributed by atoms with van der Waals surface area (Å²) in [5.74, 6) is 1.89. The third-order valence-electron chi connectivity index (χ3n) is 5.18. The Balaban J connectivity index is 2.11. The molecule has 1 saturated heterocycles. The highest BCUT2D eigenvalue weighted by atomic mass is 16.7. The normalized spacial score (nSPS) is 26.8. The van der Waals surface area contributed by atoms with Crippen molar-refractivity contribution < 1.29 is 9.47 Å². The first-order valence-corrected chi connectivity index (χ1v) is 10.2. The lowest BCUT2D eigenvalue weighted by Gasteiger charge is -2.36. The third-order valence-corrected chi connectivity index (χ3v) is 5.18. The molecule has 0 spiro atoms. The summed E-state index contributed by atoms with van der Waals surface area (Å²) < 4.78 is 11.7. The molecule has 24 heavy (non-hydrogen) atoms. The summed E-state index contributed by atoms with van der Waals surface area (Å²) in [6.07, 6.45) is 12.5. The lowest BCUT2D eigenvalue weighted by molar-refractivity contribution is -0.273. The number of ether oxygens (including phenoxy) is 2. The van der Waals surface area contributed by atoms with E-state index < -0.39 is 0 Å². The van der Waals surface area contributed by atoms with E-state index >= 15 is 0 Å². The fraction of sp³-hybridized carbons (Fsp3) is 0.909. The highest BCUT2D eigenvalue weighted by molar-refractivity contribution is 4.98. The zero-order valence-electron chi connectivity index (χ0n) is 17.2. The van der Waals surface area contributed by atoms with E-state index in [1.165, 1.54) is 44.1 Å². The van der Waals surface area contributed by atoms with Gasteiger partial charge in [0.1, 0.15) is 0 Å². The first-order chi connectivity index (χ1) is 11.3. The van der Waals surface area contributed by atoms with Crippen LogP contribution in [0.2, 0.25) is 0 Å². The molecule has 0 bridgehead atoms. The Hall–Kier alpha value is -0.340. The van der Waals surface area contributed by atoms with Crippen LogP contribution in [0.25, 0.3) is 0 Å². The van der Waals surface area contributed by atoms with Crippen molar-refractivity contribution in [2.24, 2.45) is 17.8 Å². The smallest absolute Gasteiger partial charge is 0.165 e. The van der Waals surface area contributed by atoms with Crippen molar-refractivity contribution in [3.63, 3.8) is 0 Å². The van der Waals surface area contributed by atoms with E-state index in [0.717, 1.165) is 37.9 Å². The van der Waals surface area contributed by atoms with Crippen molar-refractivity contribution in [1.82, 2.24) is 0 Å². The van der Waals surface area contributed by atoms with Crippen molar-refractivity contribution in [1.29, 1.82) is 0 Å². The summed E-state index contributed by atoms with van der Waals surface area (Å²) in [4.78, 5) is 0. The molecular weight excluding hydrogens is 296 g/mol. The summed E-state index contributed by atoms with van der Waals surface area (Å²) in [5, 5.41) is 0. The minimum Gasteiger partial charge on any atom is -0.350 e. The van der Waals surface area contributed by atoms with Crippen molar-refractivity contribution >= 4 is 0 Å². The fourth-order valence-corrected chi connectivity index (χ4v) is 3.30. The maximum absolute atomic E-state index is 5.87. The molecule has 2 heteroatoms. The van der Waals surface area contributed by atoms with E-state index in [0.29, 0.717) is 5.92 Å². The number of hydrogen-bond donors (Lipinski definition) is 0. The number of rotatable bonds is 11. The molecule has 0 radical (unpaired) electrons. The molecule has 1 aliphatic heterocycles. The van der Waals surface area contributed by atoms with Gasteiger partial charge in [0.15, 0.2) is 5.79 Å². The molecule has 0 aromatic rings. The lowest BCUT2D eigenvalue weighted by Crippen LogP contribution is -2.40. The summed E-state index contributed by atoms with van der Waals surface area (Å²) in [6.45, 7) is 15.2. The molecule has 0 aromatic heterocycles. The molecule has 142 valence electrons. The van der Waals surface area contributed by atoms with Crippen molar-refractivity contribution in [3.05, 3.63) is 11.6 Å². The molecule has 1 fully saturated rings. The Morgan fingerprint density at radius 3 is 2.33 bits per heavy atom. The monoisotopic (exact) mass is 338 g/mol. The summed E-state index contributed by atoms with van der Waals surface area (Å²) in [6, 6.07) is 0. The summed E-state index contributed by atoms with van der Waals surface area (Å²) in [5.41, 5.74) is 1.53. The van der Waals surface area contributed by atoms with Crippen LogP contribution in [-0.4, -0.2) is 19.0 Å². The van der Waals surface area contributed by atoms with Gasteiger partial charge in [0.25, 0.3) is 0 Å². The van der Waals surface area contributed by atoms with E-state index in [4.69, 9.17) is 9.47 Å². The van der Waals surface area contributed by atoms with Crippen molar-refractivity contribution in [2.45, 2.75) is 98.7 Å². The van der Waals surface area contributed by atoms with Crippen LogP contribution in [0.1, 0.15) is 92.9 Å².